The zero-order valence-electron chi connectivity index (χ0n) is 15.6. The second-order valence-corrected chi connectivity index (χ2v) is 5.90. The van der Waals surface area contributed by atoms with Gasteiger partial charge >= 0.3 is 11.9 Å². The Morgan fingerprint density at radius 2 is 2.04 bits per heavy atom. The Bertz CT molecular complexity index is 821. The summed E-state index contributed by atoms with van der Waals surface area (Å²) in [5.74, 6) is -1.82. The van der Waals surface area contributed by atoms with Crippen LogP contribution in [0, 0.1) is 11.3 Å². The molecule has 1 aromatic carbocycles. The lowest BCUT2D eigenvalue weighted by Gasteiger charge is -2.11. The van der Waals surface area contributed by atoms with Gasteiger partial charge < -0.3 is 24.8 Å². The van der Waals surface area contributed by atoms with Crippen molar-refractivity contribution in [2.75, 3.05) is 32.7 Å². The van der Waals surface area contributed by atoms with Crippen LogP contribution in [0.5, 0.6) is 0 Å². The van der Waals surface area contributed by atoms with E-state index in [4.69, 9.17) is 9.47 Å². The molecule has 0 bridgehead atoms. The van der Waals surface area contributed by atoms with Gasteiger partial charge in [-0.1, -0.05) is 0 Å². The van der Waals surface area contributed by atoms with Crippen molar-refractivity contribution < 1.29 is 28.6 Å². The number of carbonyl (C=O) groups excluding carboxylic acids is 3. The van der Waals surface area contributed by atoms with E-state index in [1.54, 1.807) is 6.07 Å². The highest BCUT2D eigenvalue weighted by Gasteiger charge is 2.18. The Balaban J connectivity index is 2.17. The van der Waals surface area contributed by atoms with Crippen LogP contribution in [0.2, 0.25) is 0 Å². The fourth-order valence-corrected chi connectivity index (χ4v) is 2.60. The monoisotopic (exact) mass is 387 g/mol. The quantitative estimate of drug-likeness (QED) is 0.408. The number of rotatable bonds is 7. The van der Waals surface area contributed by atoms with Gasteiger partial charge in [0.1, 0.15) is 11.6 Å². The number of nitrogens with zero attached hydrogens (tertiary/aromatic N) is 1. The molecule has 28 heavy (non-hydrogen) atoms. The SMILES string of the molecule is COC(=O)c1ccc(C(=O)OC)c(N/C=C(/C#N)C(=O)NCC2CCCO2)c1. The number of nitriles is 1. The van der Waals surface area contributed by atoms with Crippen LogP contribution in [0.25, 0.3) is 0 Å². The molecule has 1 fully saturated rings. The molecule has 1 aliphatic rings. The normalized spacial score (nSPS) is 16.0. The molecule has 1 saturated heterocycles. The molecule has 0 aliphatic carbocycles. The topological polar surface area (TPSA) is 127 Å². The van der Waals surface area contributed by atoms with Crippen LogP contribution in [0.3, 0.4) is 0 Å². The van der Waals surface area contributed by atoms with Crippen LogP contribution in [0.15, 0.2) is 30.0 Å². The summed E-state index contributed by atoms with van der Waals surface area (Å²) in [7, 11) is 2.45. The Kier molecular flexibility index (Phi) is 7.54. The molecule has 1 heterocycles. The summed E-state index contributed by atoms with van der Waals surface area (Å²) in [4.78, 5) is 35.8. The lowest BCUT2D eigenvalue weighted by atomic mass is 10.1. The van der Waals surface area contributed by atoms with Gasteiger partial charge in [0.25, 0.3) is 5.91 Å². The molecule has 2 N–H and O–H groups in total. The van der Waals surface area contributed by atoms with Gasteiger partial charge in [0, 0.05) is 19.4 Å². The summed E-state index contributed by atoms with van der Waals surface area (Å²) in [5, 5.41) is 14.6. The summed E-state index contributed by atoms with van der Waals surface area (Å²) in [6, 6.07) is 5.96. The van der Waals surface area contributed by atoms with Gasteiger partial charge in [-0.3, -0.25) is 4.79 Å². The molecule has 1 atom stereocenters. The summed E-state index contributed by atoms with van der Waals surface area (Å²) >= 11 is 0. The zero-order valence-corrected chi connectivity index (χ0v) is 15.6. The first-order valence-corrected chi connectivity index (χ1v) is 8.57. The summed E-state index contributed by atoms with van der Waals surface area (Å²) in [6.07, 6.45) is 2.90. The van der Waals surface area contributed by atoms with Crippen molar-refractivity contribution in [1.82, 2.24) is 5.32 Å². The largest absolute Gasteiger partial charge is 0.465 e. The smallest absolute Gasteiger partial charge is 0.339 e. The van der Waals surface area contributed by atoms with Gasteiger partial charge in [-0.05, 0) is 31.0 Å². The average Bonchev–Trinajstić information content (AvgIpc) is 3.25. The summed E-state index contributed by atoms with van der Waals surface area (Å²) < 4.78 is 14.8. The van der Waals surface area contributed by atoms with E-state index in [0.29, 0.717) is 13.2 Å². The Morgan fingerprint density at radius 3 is 2.64 bits per heavy atom. The van der Waals surface area contributed by atoms with Gasteiger partial charge in [0.05, 0.1) is 37.1 Å². The first-order valence-electron chi connectivity index (χ1n) is 8.57. The van der Waals surface area contributed by atoms with E-state index in [9.17, 15) is 19.6 Å². The molecule has 0 radical (unpaired) electrons. The fourth-order valence-electron chi connectivity index (χ4n) is 2.60. The minimum absolute atomic E-state index is 0.0560. The molecule has 9 nitrogen and oxygen atoms in total. The van der Waals surface area contributed by atoms with Gasteiger partial charge in [-0.25, -0.2) is 9.59 Å². The molecule has 148 valence electrons. The Morgan fingerprint density at radius 1 is 1.29 bits per heavy atom. The van der Waals surface area contributed by atoms with E-state index in [0.717, 1.165) is 19.0 Å². The number of esters is 2. The van der Waals surface area contributed by atoms with Crippen molar-refractivity contribution in [1.29, 1.82) is 5.26 Å². The standard InChI is InChI=1S/C19H21N3O6/c1-26-18(24)12-5-6-15(19(25)27-2)16(8-12)21-10-13(9-20)17(23)22-11-14-4-3-7-28-14/h5-6,8,10,14,21H,3-4,7,11H2,1-2H3,(H,22,23)/b13-10-. The molecule has 0 spiro atoms. The predicted molar refractivity (Wildman–Crippen MR) is 98.4 cm³/mol. The number of amides is 1. The van der Waals surface area contributed by atoms with Gasteiger partial charge in [-0.15, -0.1) is 0 Å². The molecule has 1 unspecified atom stereocenters. The van der Waals surface area contributed by atoms with Gasteiger partial charge in [0.15, 0.2) is 0 Å². The number of hydrogen-bond acceptors (Lipinski definition) is 8. The third-order valence-corrected chi connectivity index (χ3v) is 4.10. The molecule has 0 saturated carbocycles. The van der Waals surface area contributed by atoms with E-state index in [2.05, 4.69) is 15.4 Å². The van der Waals surface area contributed by atoms with E-state index < -0.39 is 17.8 Å². The number of anilines is 1. The number of benzene rings is 1. The lowest BCUT2D eigenvalue weighted by molar-refractivity contribution is -0.117. The van der Waals surface area contributed by atoms with E-state index in [1.807, 2.05) is 0 Å². The number of ether oxygens (including phenoxy) is 3. The highest BCUT2D eigenvalue weighted by Crippen LogP contribution is 2.20. The molecular formula is C19H21N3O6. The highest BCUT2D eigenvalue weighted by atomic mass is 16.5. The van der Waals surface area contributed by atoms with Crippen molar-refractivity contribution in [3.63, 3.8) is 0 Å². The molecule has 1 aliphatic heterocycles. The maximum atomic E-state index is 12.2. The minimum Gasteiger partial charge on any atom is -0.465 e. The number of methoxy groups -OCH3 is 2. The first kappa shape index (κ1) is 20.9. The van der Waals surface area contributed by atoms with Crippen LogP contribution in [-0.4, -0.2) is 51.3 Å². The van der Waals surface area contributed by atoms with E-state index >= 15 is 0 Å². The second-order valence-electron chi connectivity index (χ2n) is 5.90. The van der Waals surface area contributed by atoms with Crippen molar-refractivity contribution in [3.8, 4) is 6.07 Å². The minimum atomic E-state index is -0.645. The van der Waals surface area contributed by atoms with Crippen LogP contribution >= 0.6 is 0 Å². The lowest BCUT2D eigenvalue weighted by Crippen LogP contribution is -2.32. The van der Waals surface area contributed by atoms with Crippen LogP contribution in [0.4, 0.5) is 5.69 Å². The second kappa shape index (κ2) is 10.1. The van der Waals surface area contributed by atoms with Crippen molar-refractivity contribution in [3.05, 3.63) is 41.1 Å². The van der Waals surface area contributed by atoms with Crippen molar-refractivity contribution in [2.24, 2.45) is 0 Å². The Hall–Kier alpha value is -3.38. The molecule has 9 heteroatoms. The summed E-state index contributed by atoms with van der Waals surface area (Å²) in [5.41, 5.74) is 0.308. The maximum absolute atomic E-state index is 12.2. The summed E-state index contributed by atoms with van der Waals surface area (Å²) in [6.45, 7) is 0.971. The molecule has 2 rings (SSSR count). The molecular weight excluding hydrogens is 366 g/mol. The van der Waals surface area contributed by atoms with Crippen LogP contribution in [0.1, 0.15) is 33.6 Å². The third-order valence-electron chi connectivity index (χ3n) is 4.10. The molecule has 1 aromatic rings. The predicted octanol–water partition coefficient (Wildman–Crippen LogP) is 1.37. The molecule has 1 amide bonds. The van der Waals surface area contributed by atoms with E-state index in [1.165, 1.54) is 32.4 Å². The van der Waals surface area contributed by atoms with Gasteiger partial charge in [0.2, 0.25) is 0 Å². The van der Waals surface area contributed by atoms with Crippen molar-refractivity contribution >= 4 is 23.5 Å². The fraction of sp³-hybridized carbons (Fsp3) is 0.368. The Labute approximate surface area is 162 Å². The van der Waals surface area contributed by atoms with Crippen LogP contribution in [-0.2, 0) is 19.0 Å². The zero-order chi connectivity index (χ0) is 20.5. The van der Waals surface area contributed by atoms with Crippen molar-refractivity contribution in [2.45, 2.75) is 18.9 Å². The number of nitrogens with one attached hydrogen (secondary N) is 2. The van der Waals surface area contributed by atoms with Gasteiger partial charge in [-0.2, -0.15) is 5.26 Å². The number of carbonyl (C=O) groups is 3. The van der Waals surface area contributed by atoms with Crippen LogP contribution < -0.4 is 10.6 Å². The maximum Gasteiger partial charge on any atom is 0.339 e. The number of hydrogen-bond donors (Lipinski definition) is 2. The first-order chi connectivity index (χ1) is 13.5. The average molecular weight is 387 g/mol. The highest BCUT2D eigenvalue weighted by molar-refractivity contribution is 6.00. The third kappa shape index (κ3) is 5.31. The van der Waals surface area contributed by atoms with E-state index in [-0.39, 0.29) is 28.5 Å². The molecule has 0 aromatic heterocycles.